The second kappa shape index (κ2) is 7.79. The first-order valence-corrected chi connectivity index (χ1v) is 6.91. The van der Waals surface area contributed by atoms with Gasteiger partial charge in [-0.25, -0.2) is 0 Å². The Bertz CT molecular complexity index is 404. The fraction of sp³-hybridized carbons (Fsp3) is 0.533. The van der Waals surface area contributed by atoms with Gasteiger partial charge in [0, 0.05) is 6.04 Å². The summed E-state index contributed by atoms with van der Waals surface area (Å²) in [5.74, 6) is 6.04. The molecule has 0 aliphatic heterocycles. The molecule has 1 rings (SSSR count). The number of carbonyl (C=O) groups is 1. The lowest BCUT2D eigenvalue weighted by atomic mass is 10.0. The first kappa shape index (κ1) is 15.5. The van der Waals surface area contributed by atoms with Crippen molar-refractivity contribution in [2.75, 3.05) is 5.43 Å². The summed E-state index contributed by atoms with van der Waals surface area (Å²) < 4.78 is 0. The van der Waals surface area contributed by atoms with Crippen molar-refractivity contribution < 1.29 is 4.79 Å². The van der Waals surface area contributed by atoms with Crippen LogP contribution >= 0.6 is 0 Å². The summed E-state index contributed by atoms with van der Waals surface area (Å²) in [5.41, 5.74) is 3.78. The molecule has 0 heterocycles. The van der Waals surface area contributed by atoms with Crippen LogP contribution in [-0.2, 0) is 0 Å². The number of carbonyl (C=O) groups excluding carboxylic acids is 1. The van der Waals surface area contributed by atoms with Crippen LogP contribution in [0.15, 0.2) is 24.3 Å². The third kappa shape index (κ3) is 5.30. The highest BCUT2D eigenvalue weighted by Crippen LogP contribution is 2.14. The third-order valence-electron chi connectivity index (χ3n) is 3.12. The minimum Gasteiger partial charge on any atom is -0.350 e. The van der Waals surface area contributed by atoms with Crippen molar-refractivity contribution >= 4 is 11.6 Å². The number of nitrogens with two attached hydrogens (primary N) is 1. The van der Waals surface area contributed by atoms with Crippen LogP contribution in [0.1, 0.15) is 50.4 Å². The van der Waals surface area contributed by atoms with Gasteiger partial charge in [0.25, 0.3) is 5.91 Å². The van der Waals surface area contributed by atoms with E-state index in [4.69, 9.17) is 5.84 Å². The van der Waals surface area contributed by atoms with Crippen molar-refractivity contribution in [2.24, 2.45) is 11.8 Å². The molecule has 0 saturated heterocycles. The largest absolute Gasteiger partial charge is 0.350 e. The predicted octanol–water partition coefficient (Wildman–Crippen LogP) is 2.92. The molecule has 0 aliphatic carbocycles. The number of para-hydroxylation sites is 1. The Labute approximate surface area is 115 Å². The Kier molecular flexibility index (Phi) is 6.36. The van der Waals surface area contributed by atoms with Crippen molar-refractivity contribution in [1.29, 1.82) is 0 Å². The Morgan fingerprint density at radius 2 is 1.89 bits per heavy atom. The third-order valence-corrected chi connectivity index (χ3v) is 3.12. The Morgan fingerprint density at radius 3 is 2.53 bits per heavy atom. The van der Waals surface area contributed by atoms with E-state index < -0.39 is 0 Å². The normalized spacial score (nSPS) is 12.3. The molecule has 0 spiro atoms. The number of nitrogen functional groups attached to an aromatic ring is 1. The number of nitrogens with one attached hydrogen (secondary N) is 2. The van der Waals surface area contributed by atoms with Crippen molar-refractivity contribution in [3.63, 3.8) is 0 Å². The van der Waals surface area contributed by atoms with Gasteiger partial charge in [-0.05, 0) is 31.4 Å². The van der Waals surface area contributed by atoms with E-state index in [-0.39, 0.29) is 11.9 Å². The zero-order chi connectivity index (χ0) is 14.3. The van der Waals surface area contributed by atoms with E-state index >= 15 is 0 Å². The first-order chi connectivity index (χ1) is 9.04. The maximum absolute atomic E-state index is 12.1. The van der Waals surface area contributed by atoms with Gasteiger partial charge in [-0.3, -0.25) is 10.6 Å². The van der Waals surface area contributed by atoms with E-state index in [1.165, 1.54) is 6.42 Å². The maximum Gasteiger partial charge on any atom is 0.253 e. The molecule has 0 aromatic heterocycles. The van der Waals surface area contributed by atoms with Crippen molar-refractivity contribution in [2.45, 2.75) is 46.1 Å². The van der Waals surface area contributed by atoms with Crippen LogP contribution in [0.5, 0.6) is 0 Å². The predicted molar refractivity (Wildman–Crippen MR) is 79.9 cm³/mol. The zero-order valence-electron chi connectivity index (χ0n) is 12.1. The number of anilines is 1. The lowest BCUT2D eigenvalue weighted by Crippen LogP contribution is -2.33. The molecule has 0 bridgehead atoms. The molecule has 4 heteroatoms. The molecule has 0 saturated carbocycles. The standard InChI is InChI=1S/C15H25N3O/c1-11(2)7-6-8-12(3)17-15(19)13-9-4-5-10-14(13)18-16/h4-5,9-12,18H,6-8,16H2,1-3H3,(H,17,19). The van der Waals surface area contributed by atoms with Crippen LogP contribution in [0.4, 0.5) is 5.69 Å². The van der Waals surface area contributed by atoms with Crippen LogP contribution in [0.3, 0.4) is 0 Å². The van der Waals surface area contributed by atoms with E-state index in [9.17, 15) is 4.79 Å². The van der Waals surface area contributed by atoms with Crippen LogP contribution in [-0.4, -0.2) is 11.9 Å². The summed E-state index contributed by atoms with van der Waals surface area (Å²) in [7, 11) is 0. The van der Waals surface area contributed by atoms with Crippen molar-refractivity contribution in [3.8, 4) is 0 Å². The summed E-state index contributed by atoms with van der Waals surface area (Å²) in [6.45, 7) is 6.47. The molecule has 1 amide bonds. The molecule has 4 N–H and O–H groups in total. The number of benzene rings is 1. The van der Waals surface area contributed by atoms with Crippen LogP contribution in [0, 0.1) is 5.92 Å². The van der Waals surface area contributed by atoms with E-state index in [0.29, 0.717) is 17.2 Å². The molecule has 0 fully saturated rings. The van der Waals surface area contributed by atoms with Gasteiger partial charge >= 0.3 is 0 Å². The topological polar surface area (TPSA) is 67.2 Å². The van der Waals surface area contributed by atoms with Gasteiger partial charge < -0.3 is 10.7 Å². The molecule has 1 atom stereocenters. The second-order valence-electron chi connectivity index (χ2n) is 5.39. The zero-order valence-corrected chi connectivity index (χ0v) is 12.1. The molecule has 4 nitrogen and oxygen atoms in total. The van der Waals surface area contributed by atoms with Gasteiger partial charge in [0.15, 0.2) is 0 Å². The van der Waals surface area contributed by atoms with E-state index in [1.54, 1.807) is 12.1 Å². The Morgan fingerprint density at radius 1 is 1.21 bits per heavy atom. The summed E-state index contributed by atoms with van der Waals surface area (Å²) in [4.78, 5) is 12.1. The second-order valence-corrected chi connectivity index (χ2v) is 5.39. The minimum absolute atomic E-state index is 0.0782. The molecular weight excluding hydrogens is 238 g/mol. The SMILES string of the molecule is CC(C)CCCC(C)NC(=O)c1ccccc1NN. The molecule has 1 aromatic rings. The van der Waals surface area contributed by atoms with Gasteiger partial charge in [-0.2, -0.15) is 0 Å². The highest BCUT2D eigenvalue weighted by Gasteiger charge is 2.12. The fourth-order valence-corrected chi connectivity index (χ4v) is 2.01. The minimum atomic E-state index is -0.0782. The average Bonchev–Trinajstić information content (AvgIpc) is 2.38. The summed E-state index contributed by atoms with van der Waals surface area (Å²) in [6, 6.07) is 7.41. The van der Waals surface area contributed by atoms with Crippen LogP contribution in [0.25, 0.3) is 0 Å². The monoisotopic (exact) mass is 263 g/mol. The maximum atomic E-state index is 12.1. The molecule has 106 valence electrons. The number of hydrogen-bond acceptors (Lipinski definition) is 3. The van der Waals surface area contributed by atoms with Gasteiger partial charge in [-0.1, -0.05) is 38.8 Å². The van der Waals surface area contributed by atoms with E-state index in [1.807, 2.05) is 19.1 Å². The lowest BCUT2D eigenvalue weighted by molar-refractivity contribution is 0.0938. The van der Waals surface area contributed by atoms with Crippen molar-refractivity contribution in [3.05, 3.63) is 29.8 Å². The highest BCUT2D eigenvalue weighted by atomic mass is 16.1. The van der Waals surface area contributed by atoms with Crippen LogP contribution < -0.4 is 16.6 Å². The molecule has 19 heavy (non-hydrogen) atoms. The van der Waals surface area contributed by atoms with Gasteiger partial charge in [-0.15, -0.1) is 0 Å². The highest BCUT2D eigenvalue weighted by molar-refractivity contribution is 5.99. The Hall–Kier alpha value is -1.55. The number of amides is 1. The van der Waals surface area contributed by atoms with Crippen LogP contribution in [0.2, 0.25) is 0 Å². The summed E-state index contributed by atoms with van der Waals surface area (Å²) in [5, 5.41) is 3.01. The van der Waals surface area contributed by atoms with E-state index in [2.05, 4.69) is 24.6 Å². The molecule has 0 radical (unpaired) electrons. The fourth-order valence-electron chi connectivity index (χ4n) is 2.01. The average molecular weight is 263 g/mol. The van der Waals surface area contributed by atoms with Gasteiger partial charge in [0.2, 0.25) is 0 Å². The molecule has 0 aliphatic rings. The first-order valence-electron chi connectivity index (χ1n) is 6.91. The molecular formula is C15H25N3O. The smallest absolute Gasteiger partial charge is 0.253 e. The van der Waals surface area contributed by atoms with Gasteiger partial charge in [0.05, 0.1) is 11.3 Å². The molecule has 1 unspecified atom stereocenters. The number of rotatable bonds is 7. The summed E-state index contributed by atoms with van der Waals surface area (Å²) in [6.07, 6.45) is 3.33. The lowest BCUT2D eigenvalue weighted by Gasteiger charge is -2.16. The molecule has 1 aromatic carbocycles. The summed E-state index contributed by atoms with van der Waals surface area (Å²) >= 11 is 0. The number of hydrogen-bond donors (Lipinski definition) is 3. The van der Waals surface area contributed by atoms with Gasteiger partial charge in [0.1, 0.15) is 0 Å². The Balaban J connectivity index is 2.50. The van der Waals surface area contributed by atoms with E-state index in [0.717, 1.165) is 12.8 Å². The number of hydrazine groups is 1. The quantitative estimate of drug-likeness (QED) is 0.523. The van der Waals surface area contributed by atoms with Crippen molar-refractivity contribution in [1.82, 2.24) is 5.32 Å².